The number of halogens is 1. The first kappa shape index (κ1) is 13.2. The third-order valence-electron chi connectivity index (χ3n) is 2.31. The predicted octanol–water partition coefficient (Wildman–Crippen LogP) is 2.33. The fourth-order valence-corrected chi connectivity index (χ4v) is 2.25. The van der Waals surface area contributed by atoms with Crippen LogP contribution >= 0.6 is 23.4 Å². The van der Waals surface area contributed by atoms with Crippen LogP contribution in [0.15, 0.2) is 29.3 Å². The lowest BCUT2D eigenvalue weighted by Crippen LogP contribution is -2.38. The van der Waals surface area contributed by atoms with Crippen molar-refractivity contribution >= 4 is 34.4 Å². The molecule has 1 N–H and O–H groups in total. The van der Waals surface area contributed by atoms with E-state index in [4.69, 9.17) is 16.3 Å². The van der Waals surface area contributed by atoms with Gasteiger partial charge in [0.05, 0.1) is 6.54 Å². The number of nitrogens with one attached hydrogen (secondary N) is 1. The molecule has 1 heterocycles. The molecular formula is C12H13ClN2O2S. The molecule has 0 saturated heterocycles. The van der Waals surface area contributed by atoms with Crippen LogP contribution in [0.3, 0.4) is 0 Å². The Morgan fingerprint density at radius 1 is 1.50 bits per heavy atom. The first-order valence-corrected chi connectivity index (χ1v) is 6.92. The zero-order chi connectivity index (χ0) is 13.0. The number of aliphatic imine (C=N–C) groups is 1. The number of amides is 1. The fourth-order valence-electron chi connectivity index (χ4n) is 1.39. The topological polar surface area (TPSA) is 50.7 Å². The molecule has 4 nitrogen and oxygen atoms in total. The van der Waals surface area contributed by atoms with Crippen LogP contribution in [0, 0.1) is 0 Å². The molecular weight excluding hydrogens is 272 g/mol. The summed E-state index contributed by atoms with van der Waals surface area (Å²) < 4.78 is 5.51. The standard InChI is InChI=1S/C12H13ClN2O2S/c1-8(11(16)15-12-14-6-7-18-12)17-10-4-2-9(13)3-5-10/h2-5,8H,6-7H2,1H3,(H,14,15,16)/t8-/m0/s1. The highest BCUT2D eigenvalue weighted by Gasteiger charge is 2.18. The Balaban J connectivity index is 1.88. The highest BCUT2D eigenvalue weighted by atomic mass is 35.5. The number of carbonyl (C=O) groups is 1. The number of rotatable bonds is 3. The highest BCUT2D eigenvalue weighted by Crippen LogP contribution is 2.17. The Morgan fingerprint density at radius 3 is 2.83 bits per heavy atom. The van der Waals surface area contributed by atoms with Crippen molar-refractivity contribution in [2.45, 2.75) is 13.0 Å². The van der Waals surface area contributed by atoms with Crippen LogP contribution in [0.2, 0.25) is 5.02 Å². The van der Waals surface area contributed by atoms with Crippen LogP contribution < -0.4 is 10.1 Å². The van der Waals surface area contributed by atoms with Crippen molar-refractivity contribution in [2.75, 3.05) is 12.3 Å². The van der Waals surface area contributed by atoms with Crippen molar-refractivity contribution in [3.63, 3.8) is 0 Å². The maximum Gasteiger partial charge on any atom is 0.266 e. The molecule has 0 saturated carbocycles. The number of carbonyl (C=O) groups excluding carboxylic acids is 1. The Labute approximate surface area is 115 Å². The summed E-state index contributed by atoms with van der Waals surface area (Å²) in [5, 5.41) is 4.04. The smallest absolute Gasteiger partial charge is 0.266 e. The number of ether oxygens (including phenoxy) is 1. The van der Waals surface area contributed by atoms with E-state index >= 15 is 0 Å². The predicted molar refractivity (Wildman–Crippen MR) is 74.4 cm³/mol. The molecule has 1 atom stereocenters. The van der Waals surface area contributed by atoms with E-state index in [2.05, 4.69) is 10.3 Å². The van der Waals surface area contributed by atoms with Gasteiger partial charge in [-0.3, -0.25) is 9.79 Å². The summed E-state index contributed by atoms with van der Waals surface area (Å²) in [6.07, 6.45) is -0.574. The summed E-state index contributed by atoms with van der Waals surface area (Å²) in [6, 6.07) is 6.90. The van der Waals surface area contributed by atoms with E-state index in [9.17, 15) is 4.79 Å². The maximum absolute atomic E-state index is 11.8. The zero-order valence-corrected chi connectivity index (χ0v) is 11.4. The van der Waals surface area contributed by atoms with Gasteiger partial charge in [-0.15, -0.1) is 0 Å². The third-order valence-corrected chi connectivity index (χ3v) is 3.45. The average molecular weight is 285 g/mol. The van der Waals surface area contributed by atoms with Crippen molar-refractivity contribution < 1.29 is 9.53 Å². The molecule has 0 aromatic heterocycles. The van der Waals surface area contributed by atoms with Crippen molar-refractivity contribution in [2.24, 2.45) is 4.99 Å². The van der Waals surface area contributed by atoms with Crippen molar-refractivity contribution in [1.82, 2.24) is 5.32 Å². The Bertz CT molecular complexity index is 462. The number of benzene rings is 1. The molecule has 0 bridgehead atoms. The number of nitrogens with zero attached hydrogens (tertiary/aromatic N) is 1. The summed E-state index contributed by atoms with van der Waals surface area (Å²) >= 11 is 7.31. The SMILES string of the molecule is C[C@H](Oc1ccc(Cl)cc1)C(=O)NC1=NCCS1. The van der Waals surface area contributed by atoms with Crippen LogP contribution in [0.5, 0.6) is 5.75 Å². The molecule has 1 aromatic rings. The molecule has 1 aliphatic rings. The summed E-state index contributed by atoms with van der Waals surface area (Å²) in [5.41, 5.74) is 0. The van der Waals surface area contributed by atoms with Gasteiger partial charge in [-0.25, -0.2) is 0 Å². The quantitative estimate of drug-likeness (QED) is 0.927. The normalized spacial score (nSPS) is 16.0. The van der Waals surface area contributed by atoms with Crippen LogP contribution in [-0.2, 0) is 4.79 Å². The molecule has 1 amide bonds. The lowest BCUT2D eigenvalue weighted by Gasteiger charge is -2.14. The van der Waals surface area contributed by atoms with Gasteiger partial charge in [0.1, 0.15) is 5.75 Å². The van der Waals surface area contributed by atoms with Gasteiger partial charge in [0, 0.05) is 10.8 Å². The van der Waals surface area contributed by atoms with Gasteiger partial charge < -0.3 is 10.1 Å². The average Bonchev–Trinajstić information content (AvgIpc) is 2.85. The maximum atomic E-state index is 11.8. The van der Waals surface area contributed by atoms with Gasteiger partial charge in [0.25, 0.3) is 5.91 Å². The van der Waals surface area contributed by atoms with Crippen LogP contribution in [-0.4, -0.2) is 29.5 Å². The molecule has 1 aliphatic heterocycles. The summed E-state index contributed by atoms with van der Waals surface area (Å²) in [5.74, 6) is 1.34. The second-order valence-electron chi connectivity index (χ2n) is 3.74. The first-order chi connectivity index (χ1) is 8.65. The number of amidine groups is 1. The lowest BCUT2D eigenvalue weighted by molar-refractivity contribution is -0.125. The monoisotopic (exact) mass is 284 g/mol. The van der Waals surface area contributed by atoms with E-state index in [0.29, 0.717) is 15.9 Å². The molecule has 18 heavy (non-hydrogen) atoms. The molecule has 0 fully saturated rings. The van der Waals surface area contributed by atoms with E-state index in [0.717, 1.165) is 12.3 Å². The second-order valence-corrected chi connectivity index (χ2v) is 5.26. The van der Waals surface area contributed by atoms with Crippen LogP contribution in [0.1, 0.15) is 6.92 Å². The molecule has 0 unspecified atom stereocenters. The zero-order valence-electron chi connectivity index (χ0n) is 9.85. The number of thioether (sulfide) groups is 1. The van der Waals surface area contributed by atoms with Gasteiger partial charge in [-0.1, -0.05) is 23.4 Å². The lowest BCUT2D eigenvalue weighted by atomic mass is 10.3. The molecule has 96 valence electrons. The van der Waals surface area contributed by atoms with Gasteiger partial charge in [0.15, 0.2) is 11.3 Å². The number of hydrogen-bond acceptors (Lipinski definition) is 4. The Morgan fingerprint density at radius 2 is 2.22 bits per heavy atom. The molecule has 6 heteroatoms. The summed E-state index contributed by atoms with van der Waals surface area (Å²) in [7, 11) is 0. The van der Waals surface area contributed by atoms with Gasteiger partial charge in [-0.2, -0.15) is 0 Å². The Hall–Kier alpha value is -1.20. The van der Waals surface area contributed by atoms with E-state index in [1.807, 2.05) is 0 Å². The minimum atomic E-state index is -0.574. The molecule has 0 radical (unpaired) electrons. The van der Waals surface area contributed by atoms with Crippen molar-refractivity contribution in [3.8, 4) is 5.75 Å². The summed E-state index contributed by atoms with van der Waals surface area (Å²) in [6.45, 7) is 2.46. The summed E-state index contributed by atoms with van der Waals surface area (Å²) in [4.78, 5) is 16.0. The van der Waals surface area contributed by atoms with Crippen LogP contribution in [0.25, 0.3) is 0 Å². The number of hydrogen-bond donors (Lipinski definition) is 1. The van der Waals surface area contributed by atoms with Gasteiger partial charge in [-0.05, 0) is 31.2 Å². The van der Waals surface area contributed by atoms with E-state index in [-0.39, 0.29) is 5.91 Å². The second kappa shape index (κ2) is 6.11. The van der Waals surface area contributed by atoms with E-state index < -0.39 is 6.10 Å². The van der Waals surface area contributed by atoms with Crippen molar-refractivity contribution in [1.29, 1.82) is 0 Å². The fraction of sp³-hybridized carbons (Fsp3) is 0.333. The largest absolute Gasteiger partial charge is 0.481 e. The molecule has 1 aromatic carbocycles. The van der Waals surface area contributed by atoms with Gasteiger partial charge in [0.2, 0.25) is 0 Å². The minimum Gasteiger partial charge on any atom is -0.481 e. The first-order valence-electron chi connectivity index (χ1n) is 5.55. The molecule has 0 aliphatic carbocycles. The molecule has 2 rings (SSSR count). The van der Waals surface area contributed by atoms with Crippen molar-refractivity contribution in [3.05, 3.63) is 29.3 Å². The third kappa shape index (κ3) is 3.65. The van der Waals surface area contributed by atoms with E-state index in [1.165, 1.54) is 0 Å². The Kier molecular flexibility index (Phi) is 4.49. The molecule has 0 spiro atoms. The van der Waals surface area contributed by atoms with Gasteiger partial charge >= 0.3 is 0 Å². The highest BCUT2D eigenvalue weighted by molar-refractivity contribution is 8.14. The van der Waals surface area contributed by atoms with Crippen LogP contribution in [0.4, 0.5) is 0 Å². The minimum absolute atomic E-state index is 0.196. The van der Waals surface area contributed by atoms with E-state index in [1.54, 1.807) is 43.0 Å².